The van der Waals surface area contributed by atoms with Gasteiger partial charge < -0.3 is 11.1 Å². The Hall–Kier alpha value is -1.69. The van der Waals surface area contributed by atoms with Crippen molar-refractivity contribution in [1.29, 1.82) is 0 Å². The van der Waals surface area contributed by atoms with Crippen LogP contribution >= 0.6 is 11.3 Å². The fourth-order valence-electron chi connectivity index (χ4n) is 1.18. The van der Waals surface area contributed by atoms with Gasteiger partial charge in [0.05, 0.1) is 24.6 Å². The van der Waals surface area contributed by atoms with Crippen molar-refractivity contribution in [3.63, 3.8) is 0 Å². The molecule has 0 aliphatic heterocycles. The van der Waals surface area contributed by atoms with Gasteiger partial charge >= 0.3 is 0 Å². The van der Waals surface area contributed by atoms with Crippen molar-refractivity contribution in [1.82, 2.24) is 15.0 Å². The number of nitrogens with zero attached hydrogens (tertiary/aromatic N) is 3. The summed E-state index contributed by atoms with van der Waals surface area (Å²) in [6.07, 6.45) is 6.09. The highest BCUT2D eigenvalue weighted by Gasteiger charge is 2.01. The molecule has 6 heteroatoms. The first-order chi connectivity index (χ1) is 7.78. The summed E-state index contributed by atoms with van der Waals surface area (Å²) in [7, 11) is 0. The molecule has 0 aliphatic carbocycles. The molecule has 0 amide bonds. The molecule has 0 atom stereocenters. The van der Waals surface area contributed by atoms with E-state index in [0.29, 0.717) is 18.2 Å². The van der Waals surface area contributed by atoms with Crippen LogP contribution in [0, 0.1) is 0 Å². The molecule has 0 aromatic carbocycles. The Bertz CT molecular complexity index is 450. The molecule has 0 saturated carbocycles. The van der Waals surface area contributed by atoms with Crippen LogP contribution in [0.15, 0.2) is 18.6 Å². The lowest BCUT2D eigenvalue weighted by atomic mass is 10.4. The van der Waals surface area contributed by atoms with Crippen LogP contribution < -0.4 is 11.1 Å². The topological polar surface area (TPSA) is 76.7 Å². The highest BCUT2D eigenvalue weighted by atomic mass is 32.1. The lowest BCUT2D eigenvalue weighted by molar-refractivity contribution is 1.04. The van der Waals surface area contributed by atoms with Crippen molar-refractivity contribution >= 4 is 23.0 Å². The third kappa shape index (κ3) is 2.66. The zero-order valence-corrected chi connectivity index (χ0v) is 9.79. The summed E-state index contributed by atoms with van der Waals surface area (Å²) in [6.45, 7) is 2.77. The van der Waals surface area contributed by atoms with E-state index in [1.807, 2.05) is 6.20 Å². The van der Waals surface area contributed by atoms with E-state index in [4.69, 9.17) is 5.73 Å². The number of anilines is 2. The number of rotatable bonds is 4. The average molecular weight is 235 g/mol. The highest BCUT2D eigenvalue weighted by Crippen LogP contribution is 2.14. The Morgan fingerprint density at radius 2 is 2.00 bits per heavy atom. The zero-order valence-electron chi connectivity index (χ0n) is 8.97. The molecule has 0 spiro atoms. The molecule has 84 valence electrons. The van der Waals surface area contributed by atoms with Crippen molar-refractivity contribution in [3.05, 3.63) is 28.5 Å². The van der Waals surface area contributed by atoms with E-state index in [1.54, 1.807) is 23.7 Å². The second-order valence-corrected chi connectivity index (χ2v) is 4.47. The van der Waals surface area contributed by atoms with Crippen molar-refractivity contribution < 1.29 is 0 Å². The van der Waals surface area contributed by atoms with Gasteiger partial charge in [0, 0.05) is 11.1 Å². The number of aryl methyl sites for hydroxylation is 1. The Balaban J connectivity index is 1.94. The van der Waals surface area contributed by atoms with Crippen LogP contribution in [-0.2, 0) is 13.0 Å². The van der Waals surface area contributed by atoms with Gasteiger partial charge in [0.2, 0.25) is 5.95 Å². The summed E-state index contributed by atoms with van der Waals surface area (Å²) in [5, 5.41) is 4.13. The Labute approximate surface area is 97.8 Å². The van der Waals surface area contributed by atoms with Gasteiger partial charge in [-0.2, -0.15) is 0 Å². The smallest absolute Gasteiger partial charge is 0.223 e. The van der Waals surface area contributed by atoms with Gasteiger partial charge in [-0.3, -0.25) is 0 Å². The van der Waals surface area contributed by atoms with E-state index in [2.05, 4.69) is 27.2 Å². The molecule has 0 saturated heterocycles. The first kappa shape index (κ1) is 10.8. The molecular formula is C10H13N5S. The minimum Gasteiger partial charge on any atom is -0.396 e. The summed E-state index contributed by atoms with van der Waals surface area (Å²) in [5.41, 5.74) is 6.06. The number of nitrogens with two attached hydrogens (primary N) is 1. The van der Waals surface area contributed by atoms with Crippen LogP contribution in [0.25, 0.3) is 0 Å². The fourth-order valence-corrected chi connectivity index (χ4v) is 1.98. The second kappa shape index (κ2) is 4.89. The highest BCUT2D eigenvalue weighted by molar-refractivity contribution is 7.11. The molecule has 16 heavy (non-hydrogen) atoms. The molecule has 2 aromatic rings. The maximum absolute atomic E-state index is 5.49. The number of nitrogen functional groups attached to an aromatic ring is 1. The molecule has 3 N–H and O–H groups in total. The predicted molar refractivity (Wildman–Crippen MR) is 65.3 cm³/mol. The van der Waals surface area contributed by atoms with E-state index in [-0.39, 0.29) is 0 Å². The number of thiazole rings is 1. The summed E-state index contributed by atoms with van der Waals surface area (Å²) in [5.74, 6) is 0.572. The quantitative estimate of drug-likeness (QED) is 0.843. The SMILES string of the molecule is CCc1cnc(CNc2ncc(N)cn2)s1. The Kier molecular flexibility index (Phi) is 3.31. The summed E-state index contributed by atoms with van der Waals surface area (Å²) >= 11 is 1.70. The predicted octanol–water partition coefficient (Wildman–Crippen LogP) is 1.69. The van der Waals surface area contributed by atoms with Crippen molar-refractivity contribution in [2.24, 2.45) is 0 Å². The molecule has 0 unspecified atom stereocenters. The zero-order chi connectivity index (χ0) is 11.4. The molecular weight excluding hydrogens is 222 g/mol. The van der Waals surface area contributed by atoms with Gasteiger partial charge in [0.25, 0.3) is 0 Å². The van der Waals surface area contributed by atoms with E-state index in [1.165, 1.54) is 4.88 Å². The molecule has 2 aromatic heterocycles. The molecule has 0 aliphatic rings. The van der Waals surface area contributed by atoms with E-state index in [0.717, 1.165) is 11.4 Å². The minimum atomic E-state index is 0.563. The normalized spacial score (nSPS) is 10.3. The molecule has 2 rings (SSSR count). The average Bonchev–Trinajstić information content (AvgIpc) is 2.76. The lowest BCUT2D eigenvalue weighted by Crippen LogP contribution is -2.03. The molecule has 2 heterocycles. The van der Waals surface area contributed by atoms with Gasteiger partial charge in [0.1, 0.15) is 5.01 Å². The van der Waals surface area contributed by atoms with Crippen LogP contribution in [0.4, 0.5) is 11.6 Å². The van der Waals surface area contributed by atoms with Gasteiger partial charge in [-0.15, -0.1) is 11.3 Å². The standard InChI is InChI=1S/C10H13N5S/c1-2-8-5-12-9(16-8)6-15-10-13-3-7(11)4-14-10/h3-5H,2,6,11H2,1H3,(H,13,14,15). The third-order valence-electron chi connectivity index (χ3n) is 2.02. The summed E-state index contributed by atoms with van der Waals surface area (Å²) < 4.78 is 0. The van der Waals surface area contributed by atoms with Crippen molar-refractivity contribution in [3.8, 4) is 0 Å². The van der Waals surface area contributed by atoms with E-state index >= 15 is 0 Å². The van der Waals surface area contributed by atoms with Crippen LogP contribution in [-0.4, -0.2) is 15.0 Å². The van der Waals surface area contributed by atoms with Crippen LogP contribution in [0.1, 0.15) is 16.8 Å². The molecule has 0 fully saturated rings. The molecule has 0 radical (unpaired) electrons. The summed E-state index contributed by atoms with van der Waals surface area (Å²) in [4.78, 5) is 13.7. The lowest BCUT2D eigenvalue weighted by Gasteiger charge is -2.01. The van der Waals surface area contributed by atoms with Crippen molar-refractivity contribution in [2.45, 2.75) is 19.9 Å². The molecule has 0 bridgehead atoms. The van der Waals surface area contributed by atoms with E-state index in [9.17, 15) is 0 Å². The maximum Gasteiger partial charge on any atom is 0.223 e. The Morgan fingerprint density at radius 3 is 2.62 bits per heavy atom. The maximum atomic E-state index is 5.49. The van der Waals surface area contributed by atoms with Gasteiger partial charge in [0.15, 0.2) is 0 Å². The first-order valence-electron chi connectivity index (χ1n) is 5.03. The van der Waals surface area contributed by atoms with Gasteiger partial charge in [-0.05, 0) is 6.42 Å². The number of hydrogen-bond acceptors (Lipinski definition) is 6. The molecule has 5 nitrogen and oxygen atoms in total. The number of nitrogens with one attached hydrogen (secondary N) is 1. The number of hydrogen-bond donors (Lipinski definition) is 2. The van der Waals surface area contributed by atoms with Crippen LogP contribution in [0.2, 0.25) is 0 Å². The Morgan fingerprint density at radius 1 is 1.25 bits per heavy atom. The van der Waals surface area contributed by atoms with Crippen LogP contribution in [0.5, 0.6) is 0 Å². The largest absolute Gasteiger partial charge is 0.396 e. The van der Waals surface area contributed by atoms with Gasteiger partial charge in [-0.25, -0.2) is 15.0 Å². The fraction of sp³-hybridized carbons (Fsp3) is 0.300. The van der Waals surface area contributed by atoms with Gasteiger partial charge in [-0.1, -0.05) is 6.92 Å². The monoisotopic (exact) mass is 235 g/mol. The third-order valence-corrected chi connectivity index (χ3v) is 3.16. The van der Waals surface area contributed by atoms with Crippen molar-refractivity contribution in [2.75, 3.05) is 11.1 Å². The second-order valence-electron chi connectivity index (χ2n) is 3.27. The first-order valence-corrected chi connectivity index (χ1v) is 5.84. The van der Waals surface area contributed by atoms with E-state index < -0.39 is 0 Å². The minimum absolute atomic E-state index is 0.563. The van der Waals surface area contributed by atoms with Crippen LogP contribution in [0.3, 0.4) is 0 Å². The number of aromatic nitrogens is 3. The summed E-state index contributed by atoms with van der Waals surface area (Å²) in [6, 6.07) is 0.